The fraction of sp³-hybridized carbons (Fsp3) is 0.786. The van der Waals surface area contributed by atoms with Crippen LogP contribution in [0.4, 0.5) is 0 Å². The van der Waals surface area contributed by atoms with E-state index in [9.17, 15) is 0 Å². The van der Waals surface area contributed by atoms with Crippen LogP contribution in [0.1, 0.15) is 56.1 Å². The Morgan fingerprint density at radius 1 is 1.28 bits per heavy atom. The summed E-state index contributed by atoms with van der Waals surface area (Å²) in [5.41, 5.74) is 9.55. The molecule has 0 aliphatic heterocycles. The molecule has 1 aromatic heterocycles. The van der Waals surface area contributed by atoms with Crippen molar-refractivity contribution in [2.75, 3.05) is 13.2 Å². The van der Waals surface area contributed by atoms with Gasteiger partial charge in [0.25, 0.3) is 0 Å². The zero-order chi connectivity index (χ0) is 13.5. The van der Waals surface area contributed by atoms with Crippen LogP contribution in [0.2, 0.25) is 0 Å². The van der Waals surface area contributed by atoms with E-state index in [-0.39, 0.29) is 6.04 Å². The Labute approximate surface area is 111 Å². The Morgan fingerprint density at radius 3 is 2.61 bits per heavy atom. The maximum absolute atomic E-state index is 6.12. The predicted molar refractivity (Wildman–Crippen MR) is 74.6 cm³/mol. The zero-order valence-electron chi connectivity index (χ0n) is 12.2. The zero-order valence-corrected chi connectivity index (χ0v) is 12.2. The van der Waals surface area contributed by atoms with Crippen molar-refractivity contribution in [2.45, 2.75) is 59.5 Å². The second-order valence-corrected chi connectivity index (χ2v) is 4.79. The predicted octanol–water partition coefficient (Wildman–Crippen LogP) is 2.73. The van der Waals surface area contributed by atoms with Gasteiger partial charge in [0.1, 0.15) is 0 Å². The Hall–Kier alpha value is -0.870. The molecular formula is C14H27N3O. The number of hydrogen-bond donors (Lipinski definition) is 1. The molecule has 0 saturated heterocycles. The number of ether oxygens (including phenoxy) is 1. The molecule has 104 valence electrons. The van der Waals surface area contributed by atoms with Gasteiger partial charge in [-0.3, -0.25) is 4.68 Å². The monoisotopic (exact) mass is 253 g/mol. The van der Waals surface area contributed by atoms with Crippen molar-refractivity contribution in [3.8, 4) is 0 Å². The Kier molecular flexibility index (Phi) is 6.36. The number of nitrogens with two attached hydrogens (primary N) is 1. The summed E-state index contributed by atoms with van der Waals surface area (Å²) < 4.78 is 7.60. The lowest BCUT2D eigenvalue weighted by Crippen LogP contribution is -2.12. The molecule has 4 heteroatoms. The summed E-state index contributed by atoms with van der Waals surface area (Å²) >= 11 is 0. The van der Waals surface area contributed by atoms with E-state index < -0.39 is 0 Å². The second-order valence-electron chi connectivity index (χ2n) is 4.79. The fourth-order valence-electron chi connectivity index (χ4n) is 2.17. The van der Waals surface area contributed by atoms with Crippen LogP contribution in [0.15, 0.2) is 0 Å². The van der Waals surface area contributed by atoms with Crippen molar-refractivity contribution in [3.63, 3.8) is 0 Å². The third-order valence-electron chi connectivity index (χ3n) is 3.34. The van der Waals surface area contributed by atoms with Crippen molar-refractivity contribution >= 4 is 0 Å². The lowest BCUT2D eigenvalue weighted by Gasteiger charge is -2.10. The summed E-state index contributed by atoms with van der Waals surface area (Å²) in [6, 6.07) is 0.0970. The topological polar surface area (TPSA) is 53.1 Å². The van der Waals surface area contributed by atoms with E-state index in [0.717, 1.165) is 38.3 Å². The summed E-state index contributed by atoms with van der Waals surface area (Å²) in [7, 11) is 0. The molecule has 1 heterocycles. The first kappa shape index (κ1) is 15.2. The largest absolute Gasteiger partial charge is 0.380 e. The highest BCUT2D eigenvalue weighted by atomic mass is 16.5. The molecule has 2 N–H and O–H groups in total. The molecule has 1 rings (SSSR count). The van der Waals surface area contributed by atoms with Gasteiger partial charge < -0.3 is 10.5 Å². The average Bonchev–Trinajstić information content (AvgIpc) is 2.63. The Morgan fingerprint density at radius 2 is 2.00 bits per heavy atom. The molecule has 0 spiro atoms. The van der Waals surface area contributed by atoms with Gasteiger partial charge in [0, 0.05) is 23.9 Å². The normalized spacial score (nSPS) is 12.9. The standard InChI is InChI=1S/C14H27N3O/c1-5-7-9-18-10-8-17-12(4)14(11(3)16-17)13(15)6-2/h13H,5-10,15H2,1-4H3. The van der Waals surface area contributed by atoms with Crippen LogP contribution >= 0.6 is 0 Å². The summed E-state index contributed by atoms with van der Waals surface area (Å²) in [6.07, 6.45) is 3.25. The Balaban J connectivity index is 2.57. The quantitative estimate of drug-likeness (QED) is 0.725. The smallest absolute Gasteiger partial charge is 0.0662 e. The highest BCUT2D eigenvalue weighted by Gasteiger charge is 2.16. The minimum absolute atomic E-state index is 0.0970. The summed E-state index contributed by atoms with van der Waals surface area (Å²) in [4.78, 5) is 0. The third kappa shape index (κ3) is 3.82. The SMILES string of the molecule is CCCCOCCn1nc(C)c(C(N)CC)c1C. The first-order valence-electron chi connectivity index (χ1n) is 6.99. The average molecular weight is 253 g/mol. The van der Waals surface area contributed by atoms with Crippen molar-refractivity contribution in [3.05, 3.63) is 17.0 Å². The highest BCUT2D eigenvalue weighted by molar-refractivity contribution is 5.27. The van der Waals surface area contributed by atoms with Crippen molar-refractivity contribution in [1.82, 2.24) is 9.78 Å². The van der Waals surface area contributed by atoms with Crippen LogP contribution < -0.4 is 5.73 Å². The lowest BCUT2D eigenvalue weighted by molar-refractivity contribution is 0.120. The second kappa shape index (κ2) is 7.54. The molecule has 0 saturated carbocycles. The van der Waals surface area contributed by atoms with Gasteiger partial charge in [-0.15, -0.1) is 0 Å². The third-order valence-corrected chi connectivity index (χ3v) is 3.34. The van der Waals surface area contributed by atoms with Crippen LogP contribution in [-0.4, -0.2) is 23.0 Å². The van der Waals surface area contributed by atoms with Crippen LogP contribution in [-0.2, 0) is 11.3 Å². The van der Waals surface area contributed by atoms with E-state index in [1.54, 1.807) is 0 Å². The number of aryl methyl sites for hydroxylation is 1. The minimum Gasteiger partial charge on any atom is -0.380 e. The molecule has 0 aliphatic rings. The molecule has 0 bridgehead atoms. The van der Waals surface area contributed by atoms with E-state index in [1.165, 1.54) is 17.7 Å². The maximum Gasteiger partial charge on any atom is 0.0662 e. The lowest BCUT2D eigenvalue weighted by atomic mass is 10.0. The molecule has 4 nitrogen and oxygen atoms in total. The first-order chi connectivity index (χ1) is 8.61. The van der Waals surface area contributed by atoms with Gasteiger partial charge in [-0.05, 0) is 26.7 Å². The van der Waals surface area contributed by atoms with Gasteiger partial charge >= 0.3 is 0 Å². The molecule has 0 amide bonds. The van der Waals surface area contributed by atoms with E-state index in [1.807, 2.05) is 11.6 Å². The van der Waals surface area contributed by atoms with Crippen molar-refractivity contribution in [1.29, 1.82) is 0 Å². The number of hydrogen-bond acceptors (Lipinski definition) is 3. The molecule has 1 unspecified atom stereocenters. The number of rotatable bonds is 8. The van der Waals surface area contributed by atoms with Gasteiger partial charge in [0.05, 0.1) is 18.8 Å². The van der Waals surface area contributed by atoms with Gasteiger partial charge in [0.2, 0.25) is 0 Å². The molecule has 1 atom stereocenters. The highest BCUT2D eigenvalue weighted by Crippen LogP contribution is 2.21. The molecule has 0 aliphatic carbocycles. The summed E-state index contributed by atoms with van der Waals surface area (Å²) in [5.74, 6) is 0. The van der Waals surface area contributed by atoms with Crippen LogP contribution in [0.5, 0.6) is 0 Å². The number of unbranched alkanes of at least 4 members (excludes halogenated alkanes) is 1. The van der Waals surface area contributed by atoms with Crippen molar-refractivity contribution < 1.29 is 4.74 Å². The molecular weight excluding hydrogens is 226 g/mol. The molecule has 18 heavy (non-hydrogen) atoms. The minimum atomic E-state index is 0.0970. The number of aromatic nitrogens is 2. The molecule has 0 fully saturated rings. The van der Waals surface area contributed by atoms with Crippen LogP contribution in [0, 0.1) is 13.8 Å². The summed E-state index contributed by atoms with van der Waals surface area (Å²) in [5, 5.41) is 4.55. The van der Waals surface area contributed by atoms with E-state index in [4.69, 9.17) is 10.5 Å². The summed E-state index contributed by atoms with van der Waals surface area (Å²) in [6.45, 7) is 10.8. The van der Waals surface area contributed by atoms with E-state index in [2.05, 4.69) is 25.9 Å². The van der Waals surface area contributed by atoms with Gasteiger partial charge in [-0.2, -0.15) is 5.10 Å². The van der Waals surface area contributed by atoms with E-state index in [0.29, 0.717) is 0 Å². The van der Waals surface area contributed by atoms with Crippen LogP contribution in [0.3, 0.4) is 0 Å². The molecule has 1 aromatic rings. The van der Waals surface area contributed by atoms with E-state index >= 15 is 0 Å². The van der Waals surface area contributed by atoms with Gasteiger partial charge in [0.15, 0.2) is 0 Å². The molecule has 0 aromatic carbocycles. The van der Waals surface area contributed by atoms with Gasteiger partial charge in [-0.25, -0.2) is 0 Å². The Bertz CT molecular complexity index is 360. The fourth-order valence-corrected chi connectivity index (χ4v) is 2.17. The van der Waals surface area contributed by atoms with Crippen molar-refractivity contribution in [2.24, 2.45) is 5.73 Å². The van der Waals surface area contributed by atoms with Crippen LogP contribution in [0.25, 0.3) is 0 Å². The van der Waals surface area contributed by atoms with Gasteiger partial charge in [-0.1, -0.05) is 20.3 Å². The number of nitrogens with zero attached hydrogens (tertiary/aromatic N) is 2. The molecule has 0 radical (unpaired) electrons. The maximum atomic E-state index is 6.12. The first-order valence-corrected chi connectivity index (χ1v) is 6.99.